The van der Waals surface area contributed by atoms with Crippen LogP contribution in [0.3, 0.4) is 0 Å². The first-order valence-electron chi connectivity index (χ1n) is 6.53. The van der Waals surface area contributed by atoms with Crippen LogP contribution in [0.4, 0.5) is 5.69 Å². The first kappa shape index (κ1) is 13.2. The predicted octanol–water partition coefficient (Wildman–Crippen LogP) is 0.539. The number of hydrogen-bond acceptors (Lipinski definition) is 6. The second kappa shape index (κ2) is 5.31. The van der Waals surface area contributed by atoms with Crippen molar-refractivity contribution in [3.63, 3.8) is 0 Å². The summed E-state index contributed by atoms with van der Waals surface area (Å²) in [5, 5.41) is 10.5. The predicted molar refractivity (Wildman–Crippen MR) is 73.8 cm³/mol. The fraction of sp³-hybridized carbons (Fsp3) is 0.308. The first-order chi connectivity index (χ1) is 10.2. The van der Waals surface area contributed by atoms with E-state index in [0.29, 0.717) is 28.6 Å². The fourth-order valence-electron chi connectivity index (χ4n) is 2.09. The van der Waals surface area contributed by atoms with Gasteiger partial charge in [-0.25, -0.2) is 0 Å². The molecule has 21 heavy (non-hydrogen) atoms. The van der Waals surface area contributed by atoms with E-state index in [0.717, 1.165) is 6.54 Å². The van der Waals surface area contributed by atoms with E-state index in [9.17, 15) is 4.79 Å². The highest BCUT2D eigenvalue weighted by molar-refractivity contribution is 6.00. The molecule has 1 aliphatic heterocycles. The van der Waals surface area contributed by atoms with Crippen LogP contribution in [-0.2, 0) is 13.1 Å². The minimum absolute atomic E-state index is 0.138. The molecule has 1 aliphatic rings. The Kier molecular flexibility index (Phi) is 3.35. The number of amides is 1. The summed E-state index contributed by atoms with van der Waals surface area (Å²) in [6, 6.07) is 3.17. The largest absolute Gasteiger partial charge is 0.454 e. The van der Waals surface area contributed by atoms with Crippen molar-refractivity contribution in [1.29, 1.82) is 0 Å². The molecule has 0 radical (unpaired) electrons. The van der Waals surface area contributed by atoms with Crippen molar-refractivity contribution in [3.8, 4) is 11.5 Å². The Bertz CT molecular complexity index is 682. The van der Waals surface area contributed by atoms with Crippen molar-refractivity contribution < 1.29 is 14.3 Å². The molecule has 2 heterocycles. The number of fused-ring (bicyclic) bond motifs is 1. The lowest BCUT2D eigenvalue weighted by Gasteiger charge is -2.09. The van der Waals surface area contributed by atoms with E-state index in [1.54, 1.807) is 18.5 Å². The Morgan fingerprint density at radius 3 is 2.95 bits per heavy atom. The van der Waals surface area contributed by atoms with E-state index in [2.05, 4.69) is 15.5 Å². The fourth-order valence-corrected chi connectivity index (χ4v) is 2.09. The maximum absolute atomic E-state index is 12.2. The lowest BCUT2D eigenvalue weighted by molar-refractivity contribution is 0.0950. The van der Waals surface area contributed by atoms with Gasteiger partial charge >= 0.3 is 0 Å². The van der Waals surface area contributed by atoms with Crippen LogP contribution in [0.25, 0.3) is 0 Å². The number of nitrogen functional groups attached to an aromatic ring is 1. The molecule has 0 bridgehead atoms. The summed E-state index contributed by atoms with van der Waals surface area (Å²) in [5.41, 5.74) is 6.56. The van der Waals surface area contributed by atoms with E-state index in [1.165, 1.54) is 0 Å². The molecule has 0 fully saturated rings. The summed E-state index contributed by atoms with van der Waals surface area (Å²) in [5.74, 6) is 1.46. The molecule has 1 aromatic heterocycles. The lowest BCUT2D eigenvalue weighted by Crippen LogP contribution is -2.25. The number of anilines is 1. The van der Waals surface area contributed by atoms with Gasteiger partial charge in [0.15, 0.2) is 17.3 Å². The Labute approximate surface area is 120 Å². The van der Waals surface area contributed by atoms with Gasteiger partial charge in [-0.05, 0) is 13.0 Å². The number of hydrogen-bond donors (Lipinski definition) is 2. The van der Waals surface area contributed by atoms with Gasteiger partial charge in [0.05, 0.1) is 12.1 Å². The summed E-state index contributed by atoms with van der Waals surface area (Å²) in [7, 11) is 0. The smallest absolute Gasteiger partial charge is 0.253 e. The number of aryl methyl sites for hydroxylation is 1. The molecule has 0 saturated heterocycles. The van der Waals surface area contributed by atoms with E-state index in [1.807, 2.05) is 11.5 Å². The van der Waals surface area contributed by atoms with Gasteiger partial charge in [0.1, 0.15) is 6.33 Å². The van der Waals surface area contributed by atoms with Crippen molar-refractivity contribution >= 4 is 11.6 Å². The van der Waals surface area contributed by atoms with Gasteiger partial charge in [0.25, 0.3) is 5.91 Å². The van der Waals surface area contributed by atoms with Crippen LogP contribution >= 0.6 is 0 Å². The third kappa shape index (κ3) is 2.47. The molecular formula is C13H15N5O3. The molecule has 0 unspecified atom stereocenters. The zero-order chi connectivity index (χ0) is 14.8. The maximum Gasteiger partial charge on any atom is 0.253 e. The van der Waals surface area contributed by atoms with Crippen LogP contribution in [0, 0.1) is 0 Å². The molecule has 0 spiro atoms. The third-order valence-electron chi connectivity index (χ3n) is 3.23. The van der Waals surface area contributed by atoms with Gasteiger partial charge in [-0.3, -0.25) is 4.79 Å². The van der Waals surface area contributed by atoms with Gasteiger partial charge < -0.3 is 25.1 Å². The van der Waals surface area contributed by atoms with Gasteiger partial charge in [-0.2, -0.15) is 0 Å². The molecule has 0 atom stereocenters. The van der Waals surface area contributed by atoms with Crippen LogP contribution in [0.5, 0.6) is 11.5 Å². The highest BCUT2D eigenvalue weighted by Gasteiger charge is 2.19. The molecule has 1 aromatic carbocycles. The summed E-state index contributed by atoms with van der Waals surface area (Å²) >= 11 is 0. The minimum atomic E-state index is -0.295. The summed E-state index contributed by atoms with van der Waals surface area (Å²) in [6.07, 6.45) is 1.62. The van der Waals surface area contributed by atoms with E-state index in [4.69, 9.17) is 15.2 Å². The van der Waals surface area contributed by atoms with Crippen molar-refractivity contribution in [2.45, 2.75) is 20.0 Å². The number of rotatable bonds is 4. The lowest BCUT2D eigenvalue weighted by atomic mass is 10.1. The van der Waals surface area contributed by atoms with E-state index >= 15 is 0 Å². The molecule has 110 valence electrons. The number of benzene rings is 1. The second-order valence-corrected chi connectivity index (χ2v) is 4.51. The number of nitrogens with two attached hydrogens (primary N) is 1. The number of aromatic nitrogens is 3. The van der Waals surface area contributed by atoms with Gasteiger partial charge in [-0.1, -0.05) is 0 Å². The highest BCUT2D eigenvalue weighted by Crippen LogP contribution is 2.35. The number of nitrogens with one attached hydrogen (secondary N) is 1. The average molecular weight is 289 g/mol. The molecule has 8 heteroatoms. The van der Waals surface area contributed by atoms with Crippen LogP contribution < -0.4 is 20.5 Å². The topological polar surface area (TPSA) is 104 Å². The number of ether oxygens (including phenoxy) is 2. The van der Waals surface area contributed by atoms with Crippen LogP contribution in [-0.4, -0.2) is 27.5 Å². The van der Waals surface area contributed by atoms with Gasteiger partial charge in [0, 0.05) is 18.3 Å². The average Bonchev–Trinajstić information content (AvgIpc) is 3.11. The van der Waals surface area contributed by atoms with Crippen molar-refractivity contribution in [1.82, 2.24) is 20.1 Å². The monoisotopic (exact) mass is 289 g/mol. The highest BCUT2D eigenvalue weighted by atomic mass is 16.7. The minimum Gasteiger partial charge on any atom is -0.454 e. The Balaban J connectivity index is 1.74. The van der Waals surface area contributed by atoms with Crippen LogP contribution in [0.15, 0.2) is 18.5 Å². The van der Waals surface area contributed by atoms with Crippen molar-refractivity contribution in [3.05, 3.63) is 29.8 Å². The molecule has 8 nitrogen and oxygen atoms in total. The van der Waals surface area contributed by atoms with Gasteiger partial charge in [0.2, 0.25) is 6.79 Å². The molecule has 0 saturated carbocycles. The molecule has 1 amide bonds. The van der Waals surface area contributed by atoms with Crippen molar-refractivity contribution in [2.75, 3.05) is 12.5 Å². The SMILES string of the molecule is CCn1cnnc1CNC(=O)c1cc2c(cc1N)OCO2. The Morgan fingerprint density at radius 2 is 2.19 bits per heavy atom. The molecule has 3 N–H and O–H groups in total. The normalized spacial score (nSPS) is 12.4. The second-order valence-electron chi connectivity index (χ2n) is 4.51. The van der Waals surface area contributed by atoms with Crippen LogP contribution in [0.2, 0.25) is 0 Å². The standard InChI is InChI=1S/C13H15N5O3/c1-2-18-6-16-17-12(18)5-15-13(19)8-3-10-11(4-9(8)14)21-7-20-10/h3-4,6H,2,5,7,14H2,1H3,(H,15,19). The molecular weight excluding hydrogens is 274 g/mol. The molecule has 2 aromatic rings. The zero-order valence-corrected chi connectivity index (χ0v) is 11.5. The molecule has 3 rings (SSSR count). The Hall–Kier alpha value is -2.77. The van der Waals surface area contributed by atoms with Crippen molar-refractivity contribution in [2.24, 2.45) is 0 Å². The van der Waals surface area contributed by atoms with Gasteiger partial charge in [-0.15, -0.1) is 10.2 Å². The number of carbonyl (C=O) groups excluding carboxylic acids is 1. The summed E-state index contributed by atoms with van der Waals surface area (Å²) < 4.78 is 12.3. The number of carbonyl (C=O) groups is 1. The van der Waals surface area contributed by atoms with E-state index < -0.39 is 0 Å². The van der Waals surface area contributed by atoms with E-state index in [-0.39, 0.29) is 19.2 Å². The quantitative estimate of drug-likeness (QED) is 0.796. The molecule has 0 aliphatic carbocycles. The summed E-state index contributed by atoms with van der Waals surface area (Å²) in [6.45, 7) is 3.13. The Morgan fingerprint density at radius 1 is 1.43 bits per heavy atom. The summed E-state index contributed by atoms with van der Waals surface area (Å²) in [4.78, 5) is 12.2. The maximum atomic E-state index is 12.2. The third-order valence-corrected chi connectivity index (χ3v) is 3.23. The zero-order valence-electron chi connectivity index (χ0n) is 11.5. The van der Waals surface area contributed by atoms with Crippen LogP contribution in [0.1, 0.15) is 23.1 Å². The number of nitrogens with zero attached hydrogens (tertiary/aromatic N) is 3. The first-order valence-corrected chi connectivity index (χ1v) is 6.53.